The van der Waals surface area contributed by atoms with Crippen LogP contribution in [0.25, 0.3) is 11.5 Å². The Hall–Kier alpha value is -2.08. The highest BCUT2D eigenvalue weighted by Gasteiger charge is 2.17. The van der Waals surface area contributed by atoms with Gasteiger partial charge in [0, 0.05) is 18.0 Å². The number of nitrogens with two attached hydrogens (primary N) is 1. The third-order valence-corrected chi connectivity index (χ3v) is 3.06. The number of nitrogens with zero attached hydrogens (tertiary/aromatic N) is 2. The maximum atomic E-state index is 5.87. The van der Waals surface area contributed by atoms with Crippen molar-refractivity contribution in [3.8, 4) is 23.0 Å². The molecule has 100 valence electrons. The summed E-state index contributed by atoms with van der Waals surface area (Å²) in [5.74, 6) is 2.53. The van der Waals surface area contributed by atoms with Crippen LogP contribution in [0.1, 0.15) is 19.2 Å². The van der Waals surface area contributed by atoms with Crippen LogP contribution in [0, 0.1) is 0 Å². The van der Waals surface area contributed by atoms with Gasteiger partial charge in [-0.05, 0) is 24.6 Å². The zero-order valence-electron chi connectivity index (χ0n) is 10.6. The lowest BCUT2D eigenvalue weighted by atomic mass is 10.1. The van der Waals surface area contributed by atoms with Gasteiger partial charge in [0.1, 0.15) is 0 Å². The number of hydrogen-bond donors (Lipinski definition) is 1. The number of benzene rings is 1. The second kappa shape index (κ2) is 4.89. The van der Waals surface area contributed by atoms with E-state index in [1.54, 1.807) is 0 Å². The molecule has 0 fully saturated rings. The molecule has 2 aromatic rings. The fraction of sp³-hybridized carbons (Fsp3) is 0.385. The van der Waals surface area contributed by atoms with Crippen LogP contribution in [0.2, 0.25) is 0 Å². The van der Waals surface area contributed by atoms with E-state index in [0.29, 0.717) is 23.9 Å². The molecule has 0 amide bonds. The summed E-state index contributed by atoms with van der Waals surface area (Å²) >= 11 is 0. The molecule has 0 saturated heterocycles. The van der Waals surface area contributed by atoms with Gasteiger partial charge in [0.05, 0.1) is 0 Å². The van der Waals surface area contributed by atoms with Crippen LogP contribution in [0.4, 0.5) is 0 Å². The molecule has 1 aromatic carbocycles. The Kier molecular flexibility index (Phi) is 3.08. The van der Waals surface area contributed by atoms with Crippen LogP contribution in [0.15, 0.2) is 22.7 Å². The van der Waals surface area contributed by atoms with Crippen LogP contribution in [0.3, 0.4) is 0 Å². The van der Waals surface area contributed by atoms with E-state index in [1.165, 1.54) is 0 Å². The van der Waals surface area contributed by atoms with Gasteiger partial charge >= 0.3 is 0 Å². The minimum absolute atomic E-state index is 0.0576. The van der Waals surface area contributed by atoms with Gasteiger partial charge in [-0.25, -0.2) is 0 Å². The summed E-state index contributed by atoms with van der Waals surface area (Å²) in [5, 5.41) is 3.94. The highest BCUT2D eigenvalue weighted by Crippen LogP contribution is 2.35. The number of hydrogen-bond acceptors (Lipinski definition) is 6. The average Bonchev–Trinajstić information content (AvgIpc) is 3.05. The summed E-state index contributed by atoms with van der Waals surface area (Å²) in [7, 11) is 0. The normalized spacial score (nSPS) is 14.6. The van der Waals surface area contributed by atoms with Crippen LogP contribution in [-0.4, -0.2) is 23.0 Å². The lowest BCUT2D eigenvalue weighted by molar-refractivity contribution is 0.174. The Morgan fingerprint density at radius 3 is 3.00 bits per heavy atom. The highest BCUT2D eigenvalue weighted by molar-refractivity contribution is 5.60. The molecule has 6 nitrogen and oxygen atoms in total. The van der Waals surface area contributed by atoms with Crippen molar-refractivity contribution in [3.63, 3.8) is 0 Å². The van der Waals surface area contributed by atoms with Crippen molar-refractivity contribution in [1.82, 2.24) is 10.1 Å². The number of aromatic nitrogens is 2. The molecule has 0 radical (unpaired) electrons. The third-order valence-electron chi connectivity index (χ3n) is 3.06. The molecular formula is C13H15N3O3. The molecule has 1 unspecified atom stereocenters. The Morgan fingerprint density at radius 2 is 2.16 bits per heavy atom. The number of rotatable bonds is 4. The molecule has 6 heteroatoms. The fourth-order valence-corrected chi connectivity index (χ4v) is 1.86. The van der Waals surface area contributed by atoms with Crippen molar-refractivity contribution in [1.29, 1.82) is 0 Å². The Balaban J connectivity index is 1.82. The Morgan fingerprint density at radius 1 is 1.32 bits per heavy atom. The molecule has 1 atom stereocenters. The van der Waals surface area contributed by atoms with Crippen molar-refractivity contribution in [3.05, 3.63) is 24.0 Å². The summed E-state index contributed by atoms with van der Waals surface area (Å²) in [5.41, 5.74) is 6.68. The van der Waals surface area contributed by atoms with Crippen LogP contribution >= 0.6 is 0 Å². The van der Waals surface area contributed by atoms with E-state index in [1.807, 2.05) is 25.1 Å². The molecule has 0 aliphatic carbocycles. The van der Waals surface area contributed by atoms with Gasteiger partial charge in [-0.1, -0.05) is 12.1 Å². The van der Waals surface area contributed by atoms with Gasteiger partial charge in [-0.2, -0.15) is 4.98 Å². The van der Waals surface area contributed by atoms with E-state index in [2.05, 4.69) is 10.1 Å². The standard InChI is InChI=1S/C13H15N3O3/c1-2-9(14)6-12-15-13(19-16-12)8-3-4-10-11(5-8)18-7-17-10/h3-5,9H,2,6-7,14H2,1H3. The maximum absolute atomic E-state index is 5.87. The molecule has 1 aliphatic heterocycles. The molecule has 0 bridgehead atoms. The van der Waals surface area contributed by atoms with E-state index in [4.69, 9.17) is 19.7 Å². The Labute approximate surface area is 110 Å². The van der Waals surface area contributed by atoms with Crippen molar-refractivity contribution in [2.75, 3.05) is 6.79 Å². The molecule has 3 rings (SSSR count). The second-order valence-corrected chi connectivity index (χ2v) is 4.46. The predicted octanol–water partition coefficient (Wildman–Crippen LogP) is 1.75. The van der Waals surface area contributed by atoms with E-state index >= 15 is 0 Å². The van der Waals surface area contributed by atoms with Crippen molar-refractivity contribution in [2.45, 2.75) is 25.8 Å². The molecule has 2 heterocycles. The second-order valence-electron chi connectivity index (χ2n) is 4.46. The summed E-state index contributed by atoms with van der Waals surface area (Å²) in [4.78, 5) is 4.34. The van der Waals surface area contributed by atoms with Gasteiger partial charge in [0.25, 0.3) is 5.89 Å². The molecule has 19 heavy (non-hydrogen) atoms. The first-order valence-electron chi connectivity index (χ1n) is 6.24. The lowest BCUT2D eigenvalue weighted by Crippen LogP contribution is -2.21. The summed E-state index contributed by atoms with van der Waals surface area (Å²) < 4.78 is 15.8. The average molecular weight is 261 g/mol. The SMILES string of the molecule is CCC(N)Cc1noc(-c2ccc3c(c2)OCO3)n1. The first-order valence-corrected chi connectivity index (χ1v) is 6.24. The van der Waals surface area contributed by atoms with Crippen LogP contribution < -0.4 is 15.2 Å². The van der Waals surface area contributed by atoms with E-state index in [0.717, 1.165) is 17.7 Å². The molecule has 0 spiro atoms. The predicted molar refractivity (Wildman–Crippen MR) is 67.8 cm³/mol. The highest BCUT2D eigenvalue weighted by atomic mass is 16.7. The van der Waals surface area contributed by atoms with E-state index < -0.39 is 0 Å². The first kappa shape index (κ1) is 12.0. The van der Waals surface area contributed by atoms with Gasteiger partial charge in [0.2, 0.25) is 6.79 Å². The molecular weight excluding hydrogens is 246 g/mol. The zero-order chi connectivity index (χ0) is 13.2. The van der Waals surface area contributed by atoms with Crippen molar-refractivity contribution < 1.29 is 14.0 Å². The monoisotopic (exact) mass is 261 g/mol. The fourth-order valence-electron chi connectivity index (χ4n) is 1.86. The smallest absolute Gasteiger partial charge is 0.258 e. The molecule has 0 saturated carbocycles. The minimum atomic E-state index is 0.0576. The van der Waals surface area contributed by atoms with E-state index in [9.17, 15) is 0 Å². The quantitative estimate of drug-likeness (QED) is 0.902. The molecule has 2 N–H and O–H groups in total. The summed E-state index contributed by atoms with van der Waals surface area (Å²) in [6, 6.07) is 5.59. The van der Waals surface area contributed by atoms with Crippen LogP contribution in [-0.2, 0) is 6.42 Å². The zero-order valence-corrected chi connectivity index (χ0v) is 10.6. The molecule has 1 aliphatic rings. The van der Waals surface area contributed by atoms with E-state index in [-0.39, 0.29) is 12.8 Å². The topological polar surface area (TPSA) is 83.4 Å². The number of ether oxygens (including phenoxy) is 2. The van der Waals surface area contributed by atoms with Gasteiger partial charge in [-0.15, -0.1) is 0 Å². The molecule has 1 aromatic heterocycles. The third kappa shape index (κ3) is 2.39. The largest absolute Gasteiger partial charge is 0.454 e. The summed E-state index contributed by atoms with van der Waals surface area (Å²) in [6.45, 7) is 2.28. The van der Waals surface area contributed by atoms with Crippen LogP contribution in [0.5, 0.6) is 11.5 Å². The van der Waals surface area contributed by atoms with Crippen molar-refractivity contribution in [2.24, 2.45) is 5.73 Å². The van der Waals surface area contributed by atoms with Crippen molar-refractivity contribution >= 4 is 0 Å². The van der Waals surface area contributed by atoms with Gasteiger partial charge in [-0.3, -0.25) is 0 Å². The Bertz CT molecular complexity index is 582. The minimum Gasteiger partial charge on any atom is -0.454 e. The number of fused-ring (bicyclic) bond motifs is 1. The van der Waals surface area contributed by atoms with Gasteiger partial charge < -0.3 is 19.7 Å². The van der Waals surface area contributed by atoms with Gasteiger partial charge in [0.15, 0.2) is 17.3 Å². The summed E-state index contributed by atoms with van der Waals surface area (Å²) in [6.07, 6.45) is 1.50. The first-order chi connectivity index (χ1) is 9.26. The lowest BCUT2D eigenvalue weighted by Gasteiger charge is -2.02. The maximum Gasteiger partial charge on any atom is 0.258 e.